The fourth-order valence-corrected chi connectivity index (χ4v) is 3.63. The van der Waals surface area contributed by atoms with Crippen LogP contribution in [0.2, 0.25) is 5.02 Å². The van der Waals surface area contributed by atoms with Crippen LogP contribution in [0.15, 0.2) is 36.5 Å². The molecule has 0 spiro atoms. The van der Waals surface area contributed by atoms with Crippen molar-refractivity contribution in [1.29, 1.82) is 0 Å². The van der Waals surface area contributed by atoms with Crippen molar-refractivity contribution in [3.63, 3.8) is 0 Å². The molecule has 1 aromatic carbocycles. The molecule has 1 aromatic heterocycles. The Morgan fingerprint density at radius 3 is 2.46 bits per heavy atom. The van der Waals surface area contributed by atoms with E-state index < -0.39 is 0 Å². The molecule has 2 aliphatic rings. The van der Waals surface area contributed by atoms with Gasteiger partial charge in [-0.2, -0.15) is 4.98 Å². The average Bonchev–Trinajstić information content (AvgIpc) is 2.71. The first-order valence-corrected chi connectivity index (χ1v) is 9.54. The summed E-state index contributed by atoms with van der Waals surface area (Å²) in [6.45, 7) is 8.03. The van der Waals surface area contributed by atoms with Crippen molar-refractivity contribution in [2.45, 2.75) is 6.54 Å². The molecule has 3 heterocycles. The standard InChI is InChI=1S/C19H24ClN5O/c20-17-4-2-1-3-16(17)15-23-7-9-24(10-8-23)18-5-6-21-19(22-18)25-11-13-26-14-12-25/h1-6H,7-15H2. The second-order valence-electron chi connectivity index (χ2n) is 6.67. The normalized spacial score (nSPS) is 19.0. The number of ether oxygens (including phenoxy) is 1. The van der Waals surface area contributed by atoms with Gasteiger partial charge in [0.15, 0.2) is 0 Å². The number of hydrogen-bond acceptors (Lipinski definition) is 6. The molecular weight excluding hydrogens is 350 g/mol. The maximum Gasteiger partial charge on any atom is 0.227 e. The van der Waals surface area contributed by atoms with Gasteiger partial charge in [-0.1, -0.05) is 29.8 Å². The highest BCUT2D eigenvalue weighted by Crippen LogP contribution is 2.20. The monoisotopic (exact) mass is 373 g/mol. The van der Waals surface area contributed by atoms with Crippen molar-refractivity contribution in [3.8, 4) is 0 Å². The lowest BCUT2D eigenvalue weighted by molar-refractivity contribution is 0.122. The van der Waals surface area contributed by atoms with Gasteiger partial charge in [0.25, 0.3) is 0 Å². The number of aromatic nitrogens is 2. The van der Waals surface area contributed by atoms with Crippen LogP contribution in [0, 0.1) is 0 Å². The zero-order valence-corrected chi connectivity index (χ0v) is 15.6. The maximum atomic E-state index is 6.29. The summed E-state index contributed by atoms with van der Waals surface area (Å²) in [4.78, 5) is 16.2. The van der Waals surface area contributed by atoms with Gasteiger partial charge >= 0.3 is 0 Å². The van der Waals surface area contributed by atoms with Crippen molar-refractivity contribution in [2.24, 2.45) is 0 Å². The van der Waals surface area contributed by atoms with E-state index in [4.69, 9.17) is 21.3 Å². The summed E-state index contributed by atoms with van der Waals surface area (Å²) < 4.78 is 5.41. The molecular formula is C19H24ClN5O. The summed E-state index contributed by atoms with van der Waals surface area (Å²) in [6.07, 6.45) is 1.86. The molecule has 0 saturated carbocycles. The molecule has 2 aromatic rings. The molecule has 0 atom stereocenters. The molecule has 0 N–H and O–H groups in total. The van der Waals surface area contributed by atoms with E-state index in [1.807, 2.05) is 30.5 Å². The second-order valence-corrected chi connectivity index (χ2v) is 7.08. The minimum absolute atomic E-state index is 0.744. The number of morpholine rings is 1. The summed E-state index contributed by atoms with van der Waals surface area (Å²) in [7, 11) is 0. The van der Waals surface area contributed by atoms with Crippen LogP contribution in [0.25, 0.3) is 0 Å². The third-order valence-electron chi connectivity index (χ3n) is 4.97. The van der Waals surface area contributed by atoms with Crippen molar-refractivity contribution in [1.82, 2.24) is 14.9 Å². The number of benzene rings is 1. The molecule has 2 fully saturated rings. The van der Waals surface area contributed by atoms with Crippen molar-refractivity contribution >= 4 is 23.4 Å². The van der Waals surface area contributed by atoms with E-state index in [1.165, 1.54) is 5.56 Å². The topological polar surface area (TPSA) is 44.7 Å². The van der Waals surface area contributed by atoms with E-state index in [9.17, 15) is 0 Å². The zero-order chi connectivity index (χ0) is 17.8. The highest BCUT2D eigenvalue weighted by atomic mass is 35.5. The van der Waals surface area contributed by atoms with E-state index in [0.717, 1.165) is 75.8 Å². The minimum Gasteiger partial charge on any atom is -0.378 e. The number of nitrogens with zero attached hydrogens (tertiary/aromatic N) is 5. The summed E-state index contributed by atoms with van der Waals surface area (Å²) in [6, 6.07) is 10.1. The van der Waals surface area contributed by atoms with Gasteiger partial charge in [-0.3, -0.25) is 4.90 Å². The van der Waals surface area contributed by atoms with Crippen LogP contribution < -0.4 is 9.80 Å². The quantitative estimate of drug-likeness (QED) is 0.819. The van der Waals surface area contributed by atoms with Gasteiger partial charge in [0.1, 0.15) is 5.82 Å². The van der Waals surface area contributed by atoms with Crippen LogP contribution in [0.4, 0.5) is 11.8 Å². The molecule has 2 aliphatic heterocycles. The number of anilines is 2. The third-order valence-corrected chi connectivity index (χ3v) is 5.34. The van der Waals surface area contributed by atoms with Crippen molar-refractivity contribution in [2.75, 3.05) is 62.3 Å². The Morgan fingerprint density at radius 1 is 0.923 bits per heavy atom. The lowest BCUT2D eigenvalue weighted by Crippen LogP contribution is -2.46. The summed E-state index contributed by atoms with van der Waals surface area (Å²) in [5.41, 5.74) is 1.19. The Hall–Kier alpha value is -1.89. The van der Waals surface area contributed by atoms with Gasteiger partial charge in [-0.05, 0) is 17.7 Å². The van der Waals surface area contributed by atoms with E-state index >= 15 is 0 Å². The average molecular weight is 374 g/mol. The van der Waals surface area contributed by atoms with Crippen LogP contribution in [0.5, 0.6) is 0 Å². The van der Waals surface area contributed by atoms with Crippen LogP contribution >= 0.6 is 11.6 Å². The minimum atomic E-state index is 0.744. The molecule has 0 amide bonds. The van der Waals surface area contributed by atoms with Crippen LogP contribution in [0.3, 0.4) is 0 Å². The summed E-state index contributed by atoms with van der Waals surface area (Å²) in [5.74, 6) is 1.82. The van der Waals surface area contributed by atoms with Gasteiger partial charge in [-0.25, -0.2) is 4.98 Å². The first kappa shape index (κ1) is 17.5. The number of rotatable bonds is 4. The number of piperazine rings is 1. The van der Waals surface area contributed by atoms with E-state index in [1.54, 1.807) is 0 Å². The molecule has 6 nitrogen and oxygen atoms in total. The Morgan fingerprint density at radius 2 is 1.69 bits per heavy atom. The van der Waals surface area contributed by atoms with Gasteiger partial charge in [0, 0.05) is 57.0 Å². The van der Waals surface area contributed by atoms with Gasteiger partial charge < -0.3 is 14.5 Å². The predicted octanol–water partition coefficient (Wildman–Crippen LogP) is 2.29. The van der Waals surface area contributed by atoms with E-state index in [2.05, 4.69) is 25.8 Å². The Kier molecular flexibility index (Phi) is 5.53. The Balaban J connectivity index is 1.36. The lowest BCUT2D eigenvalue weighted by atomic mass is 10.2. The summed E-state index contributed by atoms with van der Waals surface area (Å²) in [5, 5.41) is 0.848. The van der Waals surface area contributed by atoms with E-state index in [-0.39, 0.29) is 0 Å². The molecule has 0 aliphatic carbocycles. The van der Waals surface area contributed by atoms with Gasteiger partial charge in [0.05, 0.1) is 13.2 Å². The smallest absolute Gasteiger partial charge is 0.227 e. The fourth-order valence-electron chi connectivity index (χ4n) is 3.43. The van der Waals surface area contributed by atoms with Crippen molar-refractivity contribution in [3.05, 3.63) is 47.1 Å². The molecule has 138 valence electrons. The number of halogens is 1. The molecule has 2 saturated heterocycles. The molecule has 26 heavy (non-hydrogen) atoms. The first-order valence-electron chi connectivity index (χ1n) is 9.16. The number of hydrogen-bond donors (Lipinski definition) is 0. The molecule has 0 bridgehead atoms. The Labute approximate surface area is 159 Å². The first-order chi connectivity index (χ1) is 12.8. The predicted molar refractivity (Wildman–Crippen MR) is 104 cm³/mol. The van der Waals surface area contributed by atoms with Crippen LogP contribution in [0.1, 0.15) is 5.56 Å². The lowest BCUT2D eigenvalue weighted by Gasteiger charge is -2.36. The second kappa shape index (κ2) is 8.20. The SMILES string of the molecule is Clc1ccccc1CN1CCN(c2ccnc(N3CCOCC3)n2)CC1. The fraction of sp³-hybridized carbons (Fsp3) is 0.474. The molecule has 4 rings (SSSR count). The van der Waals surface area contributed by atoms with E-state index in [0.29, 0.717) is 0 Å². The molecule has 7 heteroatoms. The molecule has 0 unspecified atom stereocenters. The maximum absolute atomic E-state index is 6.29. The Bertz CT molecular complexity index is 729. The highest BCUT2D eigenvalue weighted by molar-refractivity contribution is 6.31. The van der Waals surface area contributed by atoms with Crippen LogP contribution in [-0.4, -0.2) is 67.4 Å². The third kappa shape index (κ3) is 4.09. The molecule has 0 radical (unpaired) electrons. The van der Waals surface area contributed by atoms with Crippen molar-refractivity contribution < 1.29 is 4.74 Å². The zero-order valence-electron chi connectivity index (χ0n) is 14.9. The van der Waals surface area contributed by atoms with Gasteiger partial charge in [-0.15, -0.1) is 0 Å². The van der Waals surface area contributed by atoms with Crippen LogP contribution in [-0.2, 0) is 11.3 Å². The van der Waals surface area contributed by atoms with Gasteiger partial charge in [0.2, 0.25) is 5.95 Å². The summed E-state index contributed by atoms with van der Waals surface area (Å²) >= 11 is 6.29. The largest absolute Gasteiger partial charge is 0.378 e. The highest BCUT2D eigenvalue weighted by Gasteiger charge is 2.20.